The molecular formula is C10H8I2O3. The van der Waals surface area contributed by atoms with Gasteiger partial charge in [-0.25, -0.2) is 4.79 Å². The molecule has 1 aromatic rings. The van der Waals surface area contributed by atoms with Gasteiger partial charge in [0.1, 0.15) is 5.75 Å². The molecule has 0 fully saturated rings. The molecule has 0 radical (unpaired) electrons. The number of esters is 1. The zero-order chi connectivity index (χ0) is 11.4. The Kier molecular flexibility index (Phi) is 4.84. The molecule has 3 nitrogen and oxygen atoms in total. The SMILES string of the molecule is COC(=O)/C=C/c1cc(I)c(O)c(I)c1. The lowest BCUT2D eigenvalue weighted by molar-refractivity contribution is -0.134. The van der Waals surface area contributed by atoms with E-state index in [0.717, 1.165) is 12.7 Å². The van der Waals surface area contributed by atoms with Crippen LogP contribution in [-0.4, -0.2) is 18.2 Å². The molecule has 80 valence electrons. The average Bonchev–Trinajstić information content (AvgIpc) is 2.22. The molecule has 0 aliphatic heterocycles. The van der Waals surface area contributed by atoms with Crippen LogP contribution in [0.5, 0.6) is 5.75 Å². The van der Waals surface area contributed by atoms with E-state index < -0.39 is 5.97 Å². The summed E-state index contributed by atoms with van der Waals surface area (Å²) in [7, 11) is 1.33. The van der Waals surface area contributed by atoms with Crippen LogP contribution in [0, 0.1) is 7.14 Å². The number of carbonyl (C=O) groups is 1. The van der Waals surface area contributed by atoms with Gasteiger partial charge in [-0.15, -0.1) is 0 Å². The average molecular weight is 430 g/mol. The number of phenols is 1. The second-order valence-corrected chi connectivity index (χ2v) is 5.01. The molecule has 0 saturated heterocycles. The molecule has 1 rings (SSSR count). The van der Waals surface area contributed by atoms with Gasteiger partial charge in [-0.2, -0.15) is 0 Å². The van der Waals surface area contributed by atoms with Crippen molar-refractivity contribution in [3.8, 4) is 5.75 Å². The van der Waals surface area contributed by atoms with Crippen molar-refractivity contribution in [2.75, 3.05) is 7.11 Å². The first-order valence-electron chi connectivity index (χ1n) is 3.98. The Morgan fingerprint density at radius 1 is 1.40 bits per heavy atom. The zero-order valence-corrected chi connectivity index (χ0v) is 12.1. The lowest BCUT2D eigenvalue weighted by Crippen LogP contribution is -1.93. The van der Waals surface area contributed by atoms with Crippen molar-refractivity contribution in [2.45, 2.75) is 0 Å². The van der Waals surface area contributed by atoms with Gasteiger partial charge >= 0.3 is 5.97 Å². The normalized spacial score (nSPS) is 10.6. The number of hydrogen-bond acceptors (Lipinski definition) is 3. The van der Waals surface area contributed by atoms with Crippen LogP contribution in [0.3, 0.4) is 0 Å². The summed E-state index contributed by atoms with van der Waals surface area (Å²) in [6, 6.07) is 3.58. The molecule has 0 amide bonds. The molecule has 0 aromatic heterocycles. The van der Waals surface area contributed by atoms with Crippen LogP contribution in [0.25, 0.3) is 6.08 Å². The summed E-state index contributed by atoms with van der Waals surface area (Å²) in [5.74, 6) is -0.125. The third-order valence-corrected chi connectivity index (χ3v) is 3.30. The van der Waals surface area contributed by atoms with Gasteiger partial charge in [0, 0.05) is 6.08 Å². The summed E-state index contributed by atoms with van der Waals surface area (Å²) in [6.07, 6.45) is 2.99. The van der Waals surface area contributed by atoms with Crippen LogP contribution in [0.2, 0.25) is 0 Å². The van der Waals surface area contributed by atoms with Crippen molar-refractivity contribution >= 4 is 57.2 Å². The highest BCUT2D eigenvalue weighted by atomic mass is 127. The zero-order valence-electron chi connectivity index (χ0n) is 7.83. The molecule has 0 atom stereocenters. The number of aromatic hydroxyl groups is 1. The minimum atomic E-state index is -0.395. The van der Waals surface area contributed by atoms with E-state index in [1.54, 1.807) is 18.2 Å². The van der Waals surface area contributed by atoms with Crippen LogP contribution in [-0.2, 0) is 9.53 Å². The standard InChI is InChI=1S/C10H8I2O3/c1-15-9(13)3-2-6-4-7(11)10(14)8(12)5-6/h2-5,14H,1H3/b3-2+. The number of methoxy groups -OCH3 is 1. The highest BCUT2D eigenvalue weighted by Crippen LogP contribution is 2.27. The summed E-state index contributed by atoms with van der Waals surface area (Å²) < 4.78 is 5.98. The molecule has 0 bridgehead atoms. The van der Waals surface area contributed by atoms with Crippen molar-refractivity contribution in [3.63, 3.8) is 0 Å². The van der Waals surface area contributed by atoms with Crippen LogP contribution >= 0.6 is 45.2 Å². The minimum absolute atomic E-state index is 0.270. The van der Waals surface area contributed by atoms with E-state index in [0.29, 0.717) is 0 Å². The Bertz CT molecular complexity index is 390. The Labute approximate surface area is 115 Å². The van der Waals surface area contributed by atoms with Crippen molar-refractivity contribution in [2.24, 2.45) is 0 Å². The summed E-state index contributed by atoms with van der Waals surface area (Å²) in [4.78, 5) is 10.9. The number of ether oxygens (including phenoxy) is 1. The molecule has 1 aromatic carbocycles. The molecule has 0 aliphatic rings. The fraction of sp³-hybridized carbons (Fsp3) is 0.100. The fourth-order valence-electron chi connectivity index (χ4n) is 0.914. The molecule has 1 N–H and O–H groups in total. The van der Waals surface area contributed by atoms with Crippen molar-refractivity contribution in [1.29, 1.82) is 0 Å². The maximum absolute atomic E-state index is 10.9. The Morgan fingerprint density at radius 3 is 2.40 bits per heavy atom. The van der Waals surface area contributed by atoms with E-state index in [1.165, 1.54) is 13.2 Å². The highest BCUT2D eigenvalue weighted by molar-refractivity contribution is 14.1. The van der Waals surface area contributed by atoms with Gasteiger partial charge in [-0.1, -0.05) is 0 Å². The van der Waals surface area contributed by atoms with E-state index >= 15 is 0 Å². The number of hydrogen-bond donors (Lipinski definition) is 1. The predicted molar refractivity (Wildman–Crippen MR) is 74.6 cm³/mol. The van der Waals surface area contributed by atoms with Gasteiger partial charge in [0.2, 0.25) is 0 Å². The summed E-state index contributed by atoms with van der Waals surface area (Å²) in [6.45, 7) is 0. The van der Waals surface area contributed by atoms with Gasteiger partial charge < -0.3 is 9.84 Å². The smallest absolute Gasteiger partial charge is 0.330 e. The molecule has 0 spiro atoms. The third-order valence-electron chi connectivity index (χ3n) is 1.65. The van der Waals surface area contributed by atoms with Crippen molar-refractivity contribution < 1.29 is 14.6 Å². The molecule has 15 heavy (non-hydrogen) atoms. The van der Waals surface area contributed by atoms with Crippen LogP contribution in [0.1, 0.15) is 5.56 Å². The summed E-state index contributed by atoms with van der Waals surface area (Å²) in [5.41, 5.74) is 0.854. The van der Waals surface area contributed by atoms with Crippen LogP contribution < -0.4 is 0 Å². The molecule has 0 saturated carbocycles. The first kappa shape index (κ1) is 12.8. The van der Waals surface area contributed by atoms with E-state index in [1.807, 2.05) is 45.2 Å². The van der Waals surface area contributed by atoms with Crippen LogP contribution in [0.4, 0.5) is 0 Å². The topological polar surface area (TPSA) is 46.5 Å². The van der Waals surface area contributed by atoms with Crippen molar-refractivity contribution in [1.82, 2.24) is 0 Å². The Morgan fingerprint density at radius 2 is 1.93 bits per heavy atom. The van der Waals surface area contributed by atoms with Gasteiger partial charge in [0.15, 0.2) is 0 Å². The van der Waals surface area contributed by atoms with Crippen molar-refractivity contribution in [3.05, 3.63) is 30.9 Å². The maximum Gasteiger partial charge on any atom is 0.330 e. The van der Waals surface area contributed by atoms with E-state index in [9.17, 15) is 9.90 Å². The second-order valence-electron chi connectivity index (χ2n) is 2.69. The molecular weight excluding hydrogens is 422 g/mol. The molecule has 0 aliphatic carbocycles. The Hall–Kier alpha value is -0.310. The van der Waals surface area contributed by atoms with E-state index in [-0.39, 0.29) is 5.75 Å². The first-order valence-corrected chi connectivity index (χ1v) is 6.14. The second kappa shape index (κ2) is 5.69. The van der Waals surface area contributed by atoms with E-state index in [4.69, 9.17) is 0 Å². The summed E-state index contributed by atoms with van der Waals surface area (Å²) in [5, 5.41) is 9.52. The predicted octanol–water partition coefficient (Wildman–Crippen LogP) is 2.79. The number of rotatable bonds is 2. The van der Waals surface area contributed by atoms with E-state index in [2.05, 4.69) is 4.74 Å². The number of phenolic OH excluding ortho intramolecular Hbond substituents is 1. The van der Waals surface area contributed by atoms with Gasteiger partial charge in [-0.05, 0) is 69.0 Å². The largest absolute Gasteiger partial charge is 0.506 e. The molecule has 5 heteroatoms. The van der Waals surface area contributed by atoms with Crippen LogP contribution in [0.15, 0.2) is 18.2 Å². The Balaban J connectivity index is 2.97. The third kappa shape index (κ3) is 3.63. The molecule has 0 heterocycles. The quantitative estimate of drug-likeness (QED) is 0.446. The lowest BCUT2D eigenvalue weighted by atomic mass is 10.2. The van der Waals surface area contributed by atoms with Gasteiger partial charge in [0.25, 0.3) is 0 Å². The van der Waals surface area contributed by atoms with Gasteiger partial charge in [0.05, 0.1) is 14.3 Å². The first-order chi connectivity index (χ1) is 7.04. The lowest BCUT2D eigenvalue weighted by Gasteiger charge is -2.02. The number of halogens is 2. The monoisotopic (exact) mass is 430 g/mol. The highest BCUT2D eigenvalue weighted by Gasteiger charge is 2.04. The fourth-order valence-corrected chi connectivity index (χ4v) is 2.73. The minimum Gasteiger partial charge on any atom is -0.506 e. The van der Waals surface area contributed by atoms with Gasteiger partial charge in [-0.3, -0.25) is 0 Å². The maximum atomic E-state index is 10.9. The number of benzene rings is 1. The molecule has 0 unspecified atom stereocenters. The summed E-state index contributed by atoms with van der Waals surface area (Å²) >= 11 is 4.07. The number of carbonyl (C=O) groups excluding carboxylic acids is 1.